The maximum absolute atomic E-state index is 12.9. The molecule has 0 bridgehead atoms. The Labute approximate surface area is 491 Å². The van der Waals surface area contributed by atoms with Crippen molar-refractivity contribution in [2.24, 2.45) is 0 Å². The molecule has 0 heterocycles. The highest BCUT2D eigenvalue weighted by Crippen LogP contribution is 2.18. The average Bonchev–Trinajstić information content (AvgIpc) is 3.45. The summed E-state index contributed by atoms with van der Waals surface area (Å²) in [7, 11) is 0. The van der Waals surface area contributed by atoms with Gasteiger partial charge >= 0.3 is 17.9 Å². The predicted octanol–water partition coefficient (Wildman–Crippen LogP) is 23.7. The van der Waals surface area contributed by atoms with Crippen molar-refractivity contribution in [1.82, 2.24) is 0 Å². The van der Waals surface area contributed by atoms with Gasteiger partial charge in [0.15, 0.2) is 6.10 Å². The zero-order valence-electron chi connectivity index (χ0n) is 52.6. The van der Waals surface area contributed by atoms with Gasteiger partial charge < -0.3 is 14.2 Å². The van der Waals surface area contributed by atoms with Crippen LogP contribution in [-0.2, 0) is 28.6 Å². The molecule has 1 unspecified atom stereocenters. The third-order valence-corrected chi connectivity index (χ3v) is 15.2. The van der Waals surface area contributed by atoms with Crippen LogP contribution < -0.4 is 0 Å². The molecule has 0 aliphatic rings. The molecule has 0 aliphatic heterocycles. The molecule has 6 heteroatoms. The Hall–Kier alpha value is -3.15. The number of carbonyl (C=O) groups is 3. The van der Waals surface area contributed by atoms with Crippen LogP contribution in [0.4, 0.5) is 0 Å². The normalized spacial score (nSPS) is 12.5. The molecule has 0 spiro atoms. The topological polar surface area (TPSA) is 78.9 Å². The molecule has 0 fully saturated rings. The van der Waals surface area contributed by atoms with Crippen molar-refractivity contribution in [2.45, 2.75) is 361 Å². The minimum absolute atomic E-state index is 0.0775. The van der Waals surface area contributed by atoms with Crippen LogP contribution in [0.3, 0.4) is 0 Å². The van der Waals surface area contributed by atoms with E-state index in [1.807, 2.05) is 0 Å². The number of carbonyl (C=O) groups excluding carboxylic acids is 3. The highest BCUT2D eigenvalue weighted by atomic mass is 16.6. The van der Waals surface area contributed by atoms with Crippen molar-refractivity contribution >= 4 is 17.9 Å². The third kappa shape index (κ3) is 65.5. The van der Waals surface area contributed by atoms with Gasteiger partial charge in [-0.05, 0) is 89.9 Å². The van der Waals surface area contributed by atoms with Gasteiger partial charge in [-0.2, -0.15) is 0 Å². The third-order valence-electron chi connectivity index (χ3n) is 15.2. The molecule has 0 rings (SSSR count). The lowest BCUT2D eigenvalue weighted by atomic mass is 10.0. The molecule has 0 N–H and O–H groups in total. The summed E-state index contributed by atoms with van der Waals surface area (Å²) in [4.78, 5) is 38.4. The van der Waals surface area contributed by atoms with Crippen molar-refractivity contribution in [3.63, 3.8) is 0 Å². The number of esters is 3. The molecule has 6 nitrogen and oxygen atoms in total. The van der Waals surface area contributed by atoms with E-state index >= 15 is 0 Å². The first-order valence-electron chi connectivity index (χ1n) is 34.4. The smallest absolute Gasteiger partial charge is 0.306 e. The van der Waals surface area contributed by atoms with Crippen molar-refractivity contribution in [1.29, 1.82) is 0 Å². The zero-order valence-corrected chi connectivity index (χ0v) is 52.6. The van der Waals surface area contributed by atoms with Crippen LogP contribution in [-0.4, -0.2) is 37.2 Å². The summed E-state index contributed by atoms with van der Waals surface area (Å²) in [5, 5.41) is 0. The molecule has 0 saturated heterocycles. The van der Waals surface area contributed by atoms with Crippen LogP contribution in [0.5, 0.6) is 0 Å². The summed E-state index contributed by atoms with van der Waals surface area (Å²) in [5.41, 5.74) is 0. The predicted molar refractivity (Wildman–Crippen MR) is 344 cm³/mol. The summed E-state index contributed by atoms with van der Waals surface area (Å²) in [6.07, 6.45) is 87.7. The first-order chi connectivity index (χ1) is 39.0. The fourth-order valence-electron chi connectivity index (χ4n) is 10.1. The van der Waals surface area contributed by atoms with E-state index in [0.29, 0.717) is 19.3 Å². The van der Waals surface area contributed by atoms with Gasteiger partial charge in [-0.3, -0.25) is 14.4 Å². The quantitative estimate of drug-likeness (QED) is 0.0261. The summed E-state index contributed by atoms with van der Waals surface area (Å²) in [5.74, 6) is -0.870. The Bertz CT molecular complexity index is 1450. The van der Waals surface area contributed by atoms with E-state index in [9.17, 15) is 14.4 Å². The van der Waals surface area contributed by atoms with Gasteiger partial charge in [0.1, 0.15) is 13.2 Å². The van der Waals surface area contributed by atoms with Gasteiger partial charge in [-0.1, -0.05) is 318 Å². The van der Waals surface area contributed by atoms with Gasteiger partial charge in [-0.25, -0.2) is 0 Å². The summed E-state index contributed by atoms with van der Waals surface area (Å²) < 4.78 is 17.0. The molecule has 0 aromatic rings. The second-order valence-corrected chi connectivity index (χ2v) is 23.1. The van der Waals surface area contributed by atoms with Gasteiger partial charge in [0.25, 0.3) is 0 Å². The van der Waals surface area contributed by atoms with E-state index < -0.39 is 6.10 Å². The van der Waals surface area contributed by atoms with Gasteiger partial charge in [0.05, 0.1) is 0 Å². The lowest BCUT2D eigenvalue weighted by molar-refractivity contribution is -0.167. The van der Waals surface area contributed by atoms with Gasteiger partial charge in [0.2, 0.25) is 0 Å². The van der Waals surface area contributed by atoms with E-state index in [0.717, 1.165) is 96.3 Å². The Kier molecular flexibility index (Phi) is 64.7. The molecular weight excluding hydrogens is 973 g/mol. The van der Waals surface area contributed by atoms with Gasteiger partial charge in [0, 0.05) is 19.3 Å². The van der Waals surface area contributed by atoms with Crippen LogP contribution in [0.15, 0.2) is 72.9 Å². The molecule has 0 aromatic heterocycles. The summed E-state index contributed by atoms with van der Waals surface area (Å²) in [6.45, 7) is 6.56. The minimum atomic E-state index is -0.781. The lowest BCUT2D eigenvalue weighted by Crippen LogP contribution is -2.30. The van der Waals surface area contributed by atoms with Crippen LogP contribution in [0.25, 0.3) is 0 Å². The highest BCUT2D eigenvalue weighted by molar-refractivity contribution is 5.71. The largest absolute Gasteiger partial charge is 0.462 e. The number of rotatable bonds is 63. The molecular formula is C73H130O6. The molecule has 0 radical (unpaired) electrons. The molecule has 0 aliphatic carbocycles. The van der Waals surface area contributed by atoms with E-state index in [1.54, 1.807) is 0 Å². The monoisotopic (exact) mass is 1100 g/mol. The first-order valence-corrected chi connectivity index (χ1v) is 34.4. The maximum atomic E-state index is 12.9. The molecule has 79 heavy (non-hydrogen) atoms. The van der Waals surface area contributed by atoms with Crippen molar-refractivity contribution < 1.29 is 28.6 Å². The van der Waals surface area contributed by atoms with E-state index in [2.05, 4.69) is 93.7 Å². The van der Waals surface area contributed by atoms with Crippen molar-refractivity contribution in [3.8, 4) is 0 Å². The van der Waals surface area contributed by atoms with Crippen molar-refractivity contribution in [3.05, 3.63) is 72.9 Å². The fourth-order valence-corrected chi connectivity index (χ4v) is 10.1. The SMILES string of the molecule is CC/C=C\C/C=C\C/C=C\CCCCCCCCCC(=O)OCC(COC(=O)CCCCCCCCCCCC/C=C\C/C=C\C/C=C\CCCCCCC)OC(=O)CCCCCCCCCCCCCCCCCCCCC. The lowest BCUT2D eigenvalue weighted by Gasteiger charge is -2.18. The second kappa shape index (κ2) is 67.4. The zero-order chi connectivity index (χ0) is 57.1. The Morgan fingerprint density at radius 2 is 0.494 bits per heavy atom. The number of hydrogen-bond acceptors (Lipinski definition) is 6. The summed E-state index contributed by atoms with van der Waals surface area (Å²) >= 11 is 0. The van der Waals surface area contributed by atoms with Crippen LogP contribution in [0.2, 0.25) is 0 Å². The van der Waals surface area contributed by atoms with E-state index in [4.69, 9.17) is 14.2 Å². The molecule has 0 saturated carbocycles. The molecule has 0 aromatic carbocycles. The Morgan fingerprint density at radius 3 is 0.772 bits per heavy atom. The van der Waals surface area contributed by atoms with Crippen LogP contribution in [0, 0.1) is 0 Å². The molecule has 458 valence electrons. The number of ether oxygens (including phenoxy) is 3. The average molecular weight is 1100 g/mol. The Balaban J connectivity index is 4.34. The van der Waals surface area contributed by atoms with Gasteiger partial charge in [-0.15, -0.1) is 0 Å². The molecule has 1 atom stereocenters. The first kappa shape index (κ1) is 75.8. The minimum Gasteiger partial charge on any atom is -0.462 e. The number of hydrogen-bond donors (Lipinski definition) is 0. The molecule has 0 amide bonds. The summed E-state index contributed by atoms with van der Waals surface area (Å²) in [6, 6.07) is 0. The number of allylic oxidation sites excluding steroid dienone is 12. The second-order valence-electron chi connectivity index (χ2n) is 23.1. The maximum Gasteiger partial charge on any atom is 0.306 e. The van der Waals surface area contributed by atoms with Crippen LogP contribution in [0.1, 0.15) is 355 Å². The van der Waals surface area contributed by atoms with Crippen molar-refractivity contribution in [2.75, 3.05) is 13.2 Å². The van der Waals surface area contributed by atoms with Crippen LogP contribution >= 0.6 is 0 Å². The van der Waals surface area contributed by atoms with E-state index in [-0.39, 0.29) is 31.1 Å². The Morgan fingerprint density at radius 1 is 0.266 bits per heavy atom. The standard InChI is InChI=1S/C73H130O6/c1-4-7-10-13-16-19-22-25-28-31-33-34-35-36-37-38-40-42-45-48-51-54-57-60-63-66-72(75)78-69-70(68-77-71(74)65-62-59-56-53-50-47-44-41-30-27-24-21-18-15-12-9-6-3)79-73(76)67-64-61-58-55-52-49-46-43-39-32-29-26-23-20-17-14-11-8-5-2/h9,12,18,21-22,25,27,30-31,33,35-36,70H,4-8,10-11,13-17,19-20,23-24,26,28-29,32,34,37-69H2,1-3H3/b12-9-,21-18-,25-22-,30-27-,33-31-,36-35-. The fraction of sp³-hybridized carbons (Fsp3) is 0.795. The van der Waals surface area contributed by atoms with E-state index in [1.165, 1.54) is 218 Å². The number of unbranched alkanes of at least 4 members (excludes halogenated alkanes) is 40. The highest BCUT2D eigenvalue weighted by Gasteiger charge is 2.19.